The summed E-state index contributed by atoms with van der Waals surface area (Å²) < 4.78 is 5.42. The Balaban J connectivity index is 2.18. The number of hydrogen-bond donors (Lipinski definition) is 1. The molecule has 0 aliphatic carbocycles. The number of nitrogens with zero attached hydrogens (tertiary/aromatic N) is 1. The summed E-state index contributed by atoms with van der Waals surface area (Å²) in [5, 5.41) is 3.20. The first-order valence-corrected chi connectivity index (χ1v) is 6.58. The minimum Gasteiger partial charge on any atom is -0.444 e. The predicted molar refractivity (Wildman–Crippen MR) is 76.2 cm³/mol. The van der Waals surface area contributed by atoms with Gasteiger partial charge in [0.05, 0.1) is 6.54 Å². The van der Waals surface area contributed by atoms with Gasteiger partial charge in [-0.1, -0.05) is 6.07 Å². The van der Waals surface area contributed by atoms with Crippen LogP contribution in [0.15, 0.2) is 12.1 Å². The molecule has 0 saturated carbocycles. The monoisotopic (exact) mass is 262 g/mol. The smallest absolute Gasteiger partial charge is 0.410 e. The van der Waals surface area contributed by atoms with Crippen LogP contribution in [0.2, 0.25) is 0 Å². The SMILES string of the molecule is CNc1cc(C)cc2c1CN(C(=O)OC(C)(C)C)C2. The maximum Gasteiger partial charge on any atom is 0.410 e. The Morgan fingerprint density at radius 3 is 2.58 bits per heavy atom. The van der Waals surface area contributed by atoms with Gasteiger partial charge in [-0.25, -0.2) is 4.79 Å². The number of ether oxygens (including phenoxy) is 1. The fourth-order valence-corrected chi connectivity index (χ4v) is 2.35. The molecule has 1 aliphatic rings. The summed E-state index contributed by atoms with van der Waals surface area (Å²) >= 11 is 0. The molecular formula is C15H22N2O2. The van der Waals surface area contributed by atoms with Gasteiger partial charge in [-0.05, 0) is 50.5 Å². The zero-order chi connectivity index (χ0) is 14.2. The molecule has 4 nitrogen and oxygen atoms in total. The second-order valence-electron chi connectivity index (χ2n) is 6.04. The van der Waals surface area contributed by atoms with Gasteiger partial charge in [0, 0.05) is 19.3 Å². The summed E-state index contributed by atoms with van der Waals surface area (Å²) in [6.07, 6.45) is -0.247. The van der Waals surface area contributed by atoms with Crippen molar-refractivity contribution in [1.82, 2.24) is 4.90 Å². The quantitative estimate of drug-likeness (QED) is 0.844. The van der Waals surface area contributed by atoms with E-state index in [1.54, 1.807) is 4.90 Å². The molecule has 1 aromatic carbocycles. The molecule has 0 bridgehead atoms. The number of benzene rings is 1. The normalized spacial score (nSPS) is 14.3. The second-order valence-corrected chi connectivity index (χ2v) is 6.04. The van der Waals surface area contributed by atoms with E-state index >= 15 is 0 Å². The highest BCUT2D eigenvalue weighted by Gasteiger charge is 2.29. The van der Waals surface area contributed by atoms with E-state index in [1.807, 2.05) is 27.8 Å². The van der Waals surface area contributed by atoms with Crippen molar-refractivity contribution in [2.75, 3.05) is 12.4 Å². The van der Waals surface area contributed by atoms with Crippen LogP contribution >= 0.6 is 0 Å². The fourth-order valence-electron chi connectivity index (χ4n) is 2.35. The van der Waals surface area contributed by atoms with E-state index in [4.69, 9.17) is 4.74 Å². The summed E-state index contributed by atoms with van der Waals surface area (Å²) in [6, 6.07) is 4.25. The Labute approximate surface area is 114 Å². The molecule has 1 aromatic rings. The molecule has 1 amide bonds. The van der Waals surface area contributed by atoms with Crippen LogP contribution in [0.5, 0.6) is 0 Å². The molecule has 0 unspecified atom stereocenters. The molecular weight excluding hydrogens is 240 g/mol. The van der Waals surface area contributed by atoms with Crippen molar-refractivity contribution < 1.29 is 9.53 Å². The first-order chi connectivity index (χ1) is 8.80. The maximum atomic E-state index is 12.1. The highest BCUT2D eigenvalue weighted by molar-refractivity contribution is 5.71. The number of fused-ring (bicyclic) bond motifs is 1. The molecule has 0 spiro atoms. The fraction of sp³-hybridized carbons (Fsp3) is 0.533. The van der Waals surface area contributed by atoms with Gasteiger partial charge >= 0.3 is 6.09 Å². The second kappa shape index (κ2) is 4.76. The number of rotatable bonds is 1. The number of carbonyl (C=O) groups is 1. The number of amides is 1. The zero-order valence-corrected chi connectivity index (χ0v) is 12.3. The zero-order valence-electron chi connectivity index (χ0n) is 12.3. The van der Waals surface area contributed by atoms with E-state index in [-0.39, 0.29) is 6.09 Å². The lowest BCUT2D eigenvalue weighted by Crippen LogP contribution is -2.33. The first kappa shape index (κ1) is 13.7. The predicted octanol–water partition coefficient (Wildman–Crippen LogP) is 3.29. The summed E-state index contributed by atoms with van der Waals surface area (Å²) in [5.74, 6) is 0. The third-order valence-electron chi connectivity index (χ3n) is 3.12. The molecule has 0 fully saturated rings. The highest BCUT2D eigenvalue weighted by atomic mass is 16.6. The molecule has 104 valence electrons. The third kappa shape index (κ3) is 3.00. The van der Waals surface area contributed by atoms with Crippen LogP contribution in [0.1, 0.15) is 37.5 Å². The van der Waals surface area contributed by atoms with Crippen LogP contribution in [-0.2, 0) is 17.8 Å². The average molecular weight is 262 g/mol. The minimum absolute atomic E-state index is 0.247. The lowest BCUT2D eigenvalue weighted by atomic mass is 10.0. The Morgan fingerprint density at radius 1 is 1.32 bits per heavy atom. The number of anilines is 1. The number of carbonyl (C=O) groups excluding carboxylic acids is 1. The Kier molecular flexibility index (Phi) is 3.43. The summed E-state index contributed by atoms with van der Waals surface area (Å²) in [7, 11) is 1.91. The van der Waals surface area contributed by atoms with Gasteiger partial charge in [-0.3, -0.25) is 4.90 Å². The van der Waals surface area contributed by atoms with Crippen LogP contribution in [0.3, 0.4) is 0 Å². The van der Waals surface area contributed by atoms with Crippen molar-refractivity contribution in [3.63, 3.8) is 0 Å². The first-order valence-electron chi connectivity index (χ1n) is 6.58. The molecule has 1 N–H and O–H groups in total. The van der Waals surface area contributed by atoms with Crippen molar-refractivity contribution in [3.05, 3.63) is 28.8 Å². The van der Waals surface area contributed by atoms with Crippen molar-refractivity contribution >= 4 is 11.8 Å². The van der Waals surface area contributed by atoms with E-state index in [1.165, 1.54) is 16.7 Å². The van der Waals surface area contributed by atoms with E-state index < -0.39 is 5.60 Å². The van der Waals surface area contributed by atoms with Crippen molar-refractivity contribution in [2.24, 2.45) is 0 Å². The Morgan fingerprint density at radius 2 is 2.00 bits per heavy atom. The van der Waals surface area contributed by atoms with E-state index in [2.05, 4.69) is 24.4 Å². The molecule has 0 saturated heterocycles. The van der Waals surface area contributed by atoms with Crippen LogP contribution in [0.4, 0.5) is 10.5 Å². The summed E-state index contributed by atoms with van der Waals surface area (Å²) in [5.41, 5.74) is 4.25. The van der Waals surface area contributed by atoms with Crippen molar-refractivity contribution in [3.8, 4) is 0 Å². The van der Waals surface area contributed by atoms with Gasteiger partial charge in [-0.2, -0.15) is 0 Å². The third-order valence-corrected chi connectivity index (χ3v) is 3.12. The lowest BCUT2D eigenvalue weighted by molar-refractivity contribution is 0.0242. The summed E-state index contributed by atoms with van der Waals surface area (Å²) in [4.78, 5) is 13.8. The molecule has 0 atom stereocenters. The van der Waals surface area contributed by atoms with Gasteiger partial charge in [-0.15, -0.1) is 0 Å². The molecule has 0 radical (unpaired) electrons. The van der Waals surface area contributed by atoms with Crippen LogP contribution in [0.25, 0.3) is 0 Å². The molecule has 2 rings (SSSR count). The number of aryl methyl sites for hydroxylation is 1. The molecule has 19 heavy (non-hydrogen) atoms. The largest absolute Gasteiger partial charge is 0.444 e. The van der Waals surface area contributed by atoms with E-state index in [9.17, 15) is 4.79 Å². The average Bonchev–Trinajstić information content (AvgIpc) is 2.69. The highest BCUT2D eigenvalue weighted by Crippen LogP contribution is 2.31. The lowest BCUT2D eigenvalue weighted by Gasteiger charge is -2.24. The maximum absolute atomic E-state index is 12.1. The topological polar surface area (TPSA) is 41.6 Å². The number of hydrogen-bond acceptors (Lipinski definition) is 3. The van der Waals surface area contributed by atoms with Gasteiger partial charge < -0.3 is 10.1 Å². The van der Waals surface area contributed by atoms with Crippen molar-refractivity contribution in [1.29, 1.82) is 0 Å². The van der Waals surface area contributed by atoms with Gasteiger partial charge in [0.25, 0.3) is 0 Å². The van der Waals surface area contributed by atoms with E-state index in [0.717, 1.165) is 5.69 Å². The summed E-state index contributed by atoms with van der Waals surface area (Å²) in [6.45, 7) is 8.96. The van der Waals surface area contributed by atoms with Gasteiger partial charge in [0.2, 0.25) is 0 Å². The Hall–Kier alpha value is -1.71. The molecule has 4 heteroatoms. The Bertz CT molecular complexity index is 504. The van der Waals surface area contributed by atoms with E-state index in [0.29, 0.717) is 13.1 Å². The molecule has 1 heterocycles. The van der Waals surface area contributed by atoms with Crippen molar-refractivity contribution in [2.45, 2.75) is 46.4 Å². The molecule has 0 aromatic heterocycles. The standard InChI is InChI=1S/C15H22N2O2/c1-10-6-11-8-17(14(18)19-15(2,3)4)9-12(11)13(7-10)16-5/h6-7,16H,8-9H2,1-5H3. The molecule has 1 aliphatic heterocycles. The number of nitrogens with one attached hydrogen (secondary N) is 1. The van der Waals surface area contributed by atoms with Gasteiger partial charge in [0.1, 0.15) is 5.60 Å². The van der Waals surface area contributed by atoms with Crippen LogP contribution in [-0.4, -0.2) is 23.6 Å². The minimum atomic E-state index is -0.451. The van der Waals surface area contributed by atoms with Crippen LogP contribution < -0.4 is 5.32 Å². The van der Waals surface area contributed by atoms with Gasteiger partial charge in [0.15, 0.2) is 0 Å². The van der Waals surface area contributed by atoms with Crippen LogP contribution in [0, 0.1) is 6.92 Å².